The largest absolute Gasteiger partial charge is 0.378 e. The van der Waals surface area contributed by atoms with Crippen molar-refractivity contribution in [1.82, 2.24) is 10.6 Å². The number of carbonyl (C=O) groups is 1. The number of ether oxygens (including phenoxy) is 1. The van der Waals surface area contributed by atoms with Crippen LogP contribution in [-0.2, 0) is 9.53 Å². The smallest absolute Gasteiger partial charge is 0.234 e. The number of rotatable bonds is 8. The Labute approximate surface area is 111 Å². The molecule has 0 spiro atoms. The van der Waals surface area contributed by atoms with Crippen molar-refractivity contribution < 1.29 is 9.53 Å². The van der Waals surface area contributed by atoms with E-state index in [0.717, 1.165) is 32.4 Å². The summed E-state index contributed by atoms with van der Waals surface area (Å²) in [7, 11) is 0. The number of hydrogen-bond acceptors (Lipinski definition) is 3. The Morgan fingerprint density at radius 1 is 1.33 bits per heavy atom. The van der Waals surface area contributed by atoms with Gasteiger partial charge in [-0.1, -0.05) is 13.8 Å². The van der Waals surface area contributed by atoms with Crippen LogP contribution in [0, 0.1) is 0 Å². The quantitative estimate of drug-likeness (QED) is 0.652. The van der Waals surface area contributed by atoms with Gasteiger partial charge in [-0.05, 0) is 45.1 Å². The molecule has 18 heavy (non-hydrogen) atoms. The fraction of sp³-hybridized carbons (Fsp3) is 0.929. The predicted octanol–water partition coefficient (Wildman–Crippen LogP) is 1.84. The van der Waals surface area contributed by atoms with E-state index >= 15 is 0 Å². The van der Waals surface area contributed by atoms with Crippen molar-refractivity contribution in [3.05, 3.63) is 0 Å². The molecule has 1 rings (SSSR count). The van der Waals surface area contributed by atoms with Crippen molar-refractivity contribution in [3.63, 3.8) is 0 Å². The Morgan fingerprint density at radius 2 is 2.11 bits per heavy atom. The second-order valence-corrected chi connectivity index (χ2v) is 5.03. The molecular formula is C14H28N2O2. The summed E-state index contributed by atoms with van der Waals surface area (Å²) < 4.78 is 5.64. The zero-order valence-corrected chi connectivity index (χ0v) is 11.8. The van der Waals surface area contributed by atoms with E-state index in [9.17, 15) is 4.79 Å². The molecule has 106 valence electrons. The fourth-order valence-electron chi connectivity index (χ4n) is 2.27. The zero-order valence-electron chi connectivity index (χ0n) is 11.8. The minimum atomic E-state index is 0.105. The number of hydrogen-bond donors (Lipinski definition) is 2. The van der Waals surface area contributed by atoms with Gasteiger partial charge in [0.15, 0.2) is 0 Å². The molecule has 0 aromatic carbocycles. The van der Waals surface area contributed by atoms with Crippen LogP contribution in [0.4, 0.5) is 0 Å². The van der Waals surface area contributed by atoms with Gasteiger partial charge in [-0.3, -0.25) is 4.79 Å². The van der Waals surface area contributed by atoms with Gasteiger partial charge in [0.05, 0.1) is 12.6 Å². The van der Waals surface area contributed by atoms with Crippen LogP contribution in [0.25, 0.3) is 0 Å². The van der Waals surface area contributed by atoms with Crippen LogP contribution in [0.15, 0.2) is 0 Å². The lowest BCUT2D eigenvalue weighted by molar-refractivity contribution is -0.121. The lowest BCUT2D eigenvalue weighted by Crippen LogP contribution is -2.40. The van der Waals surface area contributed by atoms with Crippen LogP contribution in [0.1, 0.15) is 52.4 Å². The summed E-state index contributed by atoms with van der Waals surface area (Å²) in [5, 5.41) is 6.22. The van der Waals surface area contributed by atoms with Crippen molar-refractivity contribution in [1.29, 1.82) is 0 Å². The van der Waals surface area contributed by atoms with Crippen molar-refractivity contribution >= 4 is 5.91 Å². The highest BCUT2D eigenvalue weighted by molar-refractivity contribution is 5.78. The summed E-state index contributed by atoms with van der Waals surface area (Å²) in [5.74, 6) is 0.105. The number of nitrogens with one attached hydrogen (secondary N) is 2. The van der Waals surface area contributed by atoms with E-state index in [2.05, 4.69) is 24.5 Å². The predicted molar refractivity (Wildman–Crippen MR) is 73.6 cm³/mol. The molecule has 1 aliphatic heterocycles. The molecule has 1 atom stereocenters. The van der Waals surface area contributed by atoms with Crippen LogP contribution in [0.2, 0.25) is 0 Å². The van der Waals surface area contributed by atoms with E-state index in [1.54, 1.807) is 0 Å². The first-order valence-electron chi connectivity index (χ1n) is 7.38. The van der Waals surface area contributed by atoms with Gasteiger partial charge >= 0.3 is 0 Å². The van der Waals surface area contributed by atoms with E-state index in [-0.39, 0.29) is 5.91 Å². The van der Waals surface area contributed by atoms with Gasteiger partial charge in [0.1, 0.15) is 0 Å². The molecule has 1 fully saturated rings. The SMILES string of the molecule is CCC(CC)NC(=O)CNCCC1CCCCO1. The molecule has 0 bridgehead atoms. The molecule has 0 aliphatic carbocycles. The molecule has 0 aromatic heterocycles. The van der Waals surface area contributed by atoms with Crippen LogP contribution < -0.4 is 10.6 Å². The van der Waals surface area contributed by atoms with Gasteiger partial charge < -0.3 is 15.4 Å². The molecule has 1 amide bonds. The maximum atomic E-state index is 11.6. The van der Waals surface area contributed by atoms with Crippen LogP contribution in [-0.4, -0.2) is 37.7 Å². The maximum Gasteiger partial charge on any atom is 0.234 e. The zero-order chi connectivity index (χ0) is 13.2. The third kappa shape index (κ3) is 6.36. The molecule has 2 N–H and O–H groups in total. The summed E-state index contributed by atoms with van der Waals surface area (Å²) >= 11 is 0. The van der Waals surface area contributed by atoms with E-state index in [1.165, 1.54) is 19.3 Å². The second-order valence-electron chi connectivity index (χ2n) is 5.03. The van der Waals surface area contributed by atoms with Crippen molar-refractivity contribution in [2.75, 3.05) is 19.7 Å². The average molecular weight is 256 g/mol. The van der Waals surface area contributed by atoms with E-state index in [1.807, 2.05) is 0 Å². The Balaban J connectivity index is 2.01. The summed E-state index contributed by atoms with van der Waals surface area (Å²) in [4.78, 5) is 11.6. The topological polar surface area (TPSA) is 50.4 Å². The van der Waals surface area contributed by atoms with E-state index in [0.29, 0.717) is 18.7 Å². The standard InChI is InChI=1S/C14H28N2O2/c1-3-12(4-2)16-14(17)11-15-9-8-13-7-5-6-10-18-13/h12-13,15H,3-11H2,1-2H3,(H,16,17). The molecule has 4 nitrogen and oxygen atoms in total. The van der Waals surface area contributed by atoms with E-state index in [4.69, 9.17) is 4.74 Å². The fourth-order valence-corrected chi connectivity index (χ4v) is 2.27. The summed E-state index contributed by atoms with van der Waals surface area (Å²) in [6.07, 6.45) is 7.05. The highest BCUT2D eigenvalue weighted by atomic mass is 16.5. The van der Waals surface area contributed by atoms with Crippen LogP contribution in [0.5, 0.6) is 0 Å². The molecule has 0 saturated carbocycles. The summed E-state index contributed by atoms with van der Waals surface area (Å²) in [6, 6.07) is 0.320. The third-order valence-corrected chi connectivity index (χ3v) is 3.55. The number of amides is 1. The highest BCUT2D eigenvalue weighted by Gasteiger charge is 2.13. The minimum Gasteiger partial charge on any atom is -0.378 e. The minimum absolute atomic E-state index is 0.105. The summed E-state index contributed by atoms with van der Waals surface area (Å²) in [5.41, 5.74) is 0. The van der Waals surface area contributed by atoms with Crippen LogP contribution in [0.3, 0.4) is 0 Å². The Bertz CT molecular complexity index is 224. The third-order valence-electron chi connectivity index (χ3n) is 3.55. The molecular weight excluding hydrogens is 228 g/mol. The van der Waals surface area contributed by atoms with Gasteiger partial charge in [0.25, 0.3) is 0 Å². The number of carbonyl (C=O) groups excluding carboxylic acids is 1. The van der Waals surface area contributed by atoms with Crippen molar-refractivity contribution in [2.45, 2.75) is 64.5 Å². The summed E-state index contributed by atoms with van der Waals surface area (Å²) in [6.45, 7) is 6.38. The van der Waals surface area contributed by atoms with Gasteiger partial charge in [-0.2, -0.15) is 0 Å². The average Bonchev–Trinajstić information content (AvgIpc) is 2.42. The first-order valence-corrected chi connectivity index (χ1v) is 7.38. The molecule has 4 heteroatoms. The lowest BCUT2D eigenvalue weighted by Gasteiger charge is -2.22. The van der Waals surface area contributed by atoms with Gasteiger partial charge in [-0.15, -0.1) is 0 Å². The van der Waals surface area contributed by atoms with Gasteiger partial charge in [0.2, 0.25) is 5.91 Å². The van der Waals surface area contributed by atoms with E-state index < -0.39 is 0 Å². The van der Waals surface area contributed by atoms with Gasteiger partial charge in [-0.25, -0.2) is 0 Å². The Hall–Kier alpha value is -0.610. The Kier molecular flexibility index (Phi) is 8.01. The monoisotopic (exact) mass is 256 g/mol. The first-order chi connectivity index (χ1) is 8.76. The molecule has 0 aromatic rings. The van der Waals surface area contributed by atoms with Crippen molar-refractivity contribution in [2.24, 2.45) is 0 Å². The molecule has 1 unspecified atom stereocenters. The van der Waals surface area contributed by atoms with Crippen molar-refractivity contribution in [3.8, 4) is 0 Å². The normalized spacial score (nSPS) is 20.1. The van der Waals surface area contributed by atoms with Crippen LogP contribution >= 0.6 is 0 Å². The molecule has 0 radical (unpaired) electrons. The second kappa shape index (κ2) is 9.34. The molecule has 1 heterocycles. The lowest BCUT2D eigenvalue weighted by atomic mass is 10.1. The Morgan fingerprint density at radius 3 is 2.72 bits per heavy atom. The highest BCUT2D eigenvalue weighted by Crippen LogP contribution is 2.14. The molecule has 1 aliphatic rings. The maximum absolute atomic E-state index is 11.6. The molecule has 1 saturated heterocycles. The van der Waals surface area contributed by atoms with Gasteiger partial charge in [0, 0.05) is 12.6 Å². The first kappa shape index (κ1) is 15.4.